The average Bonchev–Trinajstić information content (AvgIpc) is 3.13. The number of carbonyl (C=O) groups excluding carboxylic acids is 1. The highest BCUT2D eigenvalue weighted by atomic mass is 32.1. The Bertz CT molecular complexity index is 840. The number of piperidine rings is 1. The summed E-state index contributed by atoms with van der Waals surface area (Å²) < 4.78 is 10.8. The first kappa shape index (κ1) is 15.9. The molecule has 1 aromatic heterocycles. The molecule has 0 unspecified atom stereocenters. The Balaban J connectivity index is 1.31. The van der Waals surface area contributed by atoms with Crippen LogP contribution in [0.5, 0.6) is 11.5 Å². The standard InChI is InChI=1S/C19H21N3O3S/c23-17(21-18-20-11-16(26-18)22-8-2-1-3-9-22)19(6-7-19)13-4-5-14-15(10-13)25-12-24-14/h4-5,10-11H,1-3,6-9,12H2,(H,20,21,23). The number of benzene rings is 1. The highest BCUT2D eigenvalue weighted by Crippen LogP contribution is 2.51. The predicted octanol–water partition coefficient (Wildman–Crippen LogP) is 3.53. The van der Waals surface area contributed by atoms with Gasteiger partial charge in [0.2, 0.25) is 12.7 Å². The number of nitrogens with zero attached hydrogens (tertiary/aromatic N) is 2. The van der Waals surface area contributed by atoms with Gasteiger partial charge < -0.3 is 19.7 Å². The largest absolute Gasteiger partial charge is 0.454 e. The van der Waals surface area contributed by atoms with E-state index in [2.05, 4.69) is 15.2 Å². The number of hydrogen-bond acceptors (Lipinski definition) is 6. The highest BCUT2D eigenvalue weighted by Gasteiger charge is 2.52. The topological polar surface area (TPSA) is 63.7 Å². The van der Waals surface area contributed by atoms with E-state index in [0.717, 1.165) is 48.0 Å². The maximum Gasteiger partial charge on any atom is 0.236 e. The van der Waals surface area contributed by atoms with Gasteiger partial charge in [0, 0.05) is 13.1 Å². The first-order valence-electron chi connectivity index (χ1n) is 9.17. The Labute approximate surface area is 156 Å². The van der Waals surface area contributed by atoms with E-state index in [1.807, 2.05) is 24.4 Å². The number of anilines is 2. The summed E-state index contributed by atoms with van der Waals surface area (Å²) in [5, 5.41) is 4.87. The third-order valence-corrected chi connectivity index (χ3v) is 6.47. The number of fused-ring (bicyclic) bond motifs is 1. The summed E-state index contributed by atoms with van der Waals surface area (Å²) in [6.07, 6.45) is 7.34. The first-order valence-corrected chi connectivity index (χ1v) is 9.99. The van der Waals surface area contributed by atoms with Gasteiger partial charge in [-0.25, -0.2) is 4.98 Å². The van der Waals surface area contributed by atoms with Crippen molar-refractivity contribution in [2.45, 2.75) is 37.5 Å². The van der Waals surface area contributed by atoms with Crippen molar-refractivity contribution in [3.63, 3.8) is 0 Å². The molecule has 26 heavy (non-hydrogen) atoms. The smallest absolute Gasteiger partial charge is 0.236 e. The summed E-state index contributed by atoms with van der Waals surface area (Å²) in [7, 11) is 0. The molecular formula is C19H21N3O3S. The normalized spacial score (nSPS) is 20.1. The van der Waals surface area contributed by atoms with Crippen molar-refractivity contribution in [3.05, 3.63) is 30.0 Å². The number of rotatable bonds is 4. The minimum atomic E-state index is -0.460. The zero-order valence-corrected chi connectivity index (χ0v) is 15.3. The van der Waals surface area contributed by atoms with Gasteiger partial charge in [-0.1, -0.05) is 17.4 Å². The van der Waals surface area contributed by atoms with Crippen molar-refractivity contribution >= 4 is 27.4 Å². The van der Waals surface area contributed by atoms with Gasteiger partial charge in [-0.05, 0) is 49.8 Å². The molecule has 1 aliphatic carbocycles. The van der Waals surface area contributed by atoms with Gasteiger partial charge in [-0.3, -0.25) is 4.79 Å². The second-order valence-corrected chi connectivity index (χ2v) is 8.16. The van der Waals surface area contributed by atoms with E-state index in [9.17, 15) is 4.79 Å². The molecule has 136 valence electrons. The van der Waals surface area contributed by atoms with Crippen LogP contribution in [0.3, 0.4) is 0 Å². The lowest BCUT2D eigenvalue weighted by molar-refractivity contribution is -0.118. The predicted molar refractivity (Wildman–Crippen MR) is 100 cm³/mol. The van der Waals surface area contributed by atoms with Crippen LogP contribution in [0, 0.1) is 0 Å². The second kappa shape index (κ2) is 6.16. The molecule has 1 aromatic carbocycles. The molecule has 2 aliphatic heterocycles. The van der Waals surface area contributed by atoms with Crippen LogP contribution in [-0.2, 0) is 10.2 Å². The molecule has 7 heteroatoms. The van der Waals surface area contributed by atoms with E-state index in [-0.39, 0.29) is 12.7 Å². The minimum Gasteiger partial charge on any atom is -0.454 e. The molecule has 6 nitrogen and oxygen atoms in total. The van der Waals surface area contributed by atoms with E-state index in [0.29, 0.717) is 5.13 Å². The van der Waals surface area contributed by atoms with E-state index >= 15 is 0 Å². The molecule has 2 fully saturated rings. The molecular weight excluding hydrogens is 350 g/mol. The number of carbonyl (C=O) groups is 1. The lowest BCUT2D eigenvalue weighted by Gasteiger charge is -2.26. The zero-order chi connectivity index (χ0) is 17.6. The van der Waals surface area contributed by atoms with Gasteiger partial charge in [0.1, 0.15) is 5.00 Å². The minimum absolute atomic E-state index is 0.0240. The van der Waals surface area contributed by atoms with Crippen LogP contribution in [0.2, 0.25) is 0 Å². The zero-order valence-electron chi connectivity index (χ0n) is 14.5. The molecule has 1 N–H and O–H groups in total. The van der Waals surface area contributed by atoms with Crippen LogP contribution in [0.25, 0.3) is 0 Å². The van der Waals surface area contributed by atoms with E-state index in [1.165, 1.54) is 19.3 Å². The molecule has 3 heterocycles. The Morgan fingerprint density at radius 3 is 2.77 bits per heavy atom. The molecule has 0 atom stereocenters. The quantitative estimate of drug-likeness (QED) is 0.891. The van der Waals surface area contributed by atoms with Crippen LogP contribution in [0.4, 0.5) is 10.1 Å². The van der Waals surface area contributed by atoms with Crippen LogP contribution >= 0.6 is 11.3 Å². The van der Waals surface area contributed by atoms with Gasteiger partial charge in [-0.2, -0.15) is 0 Å². The first-order chi connectivity index (χ1) is 12.7. The van der Waals surface area contributed by atoms with Crippen LogP contribution in [-0.4, -0.2) is 30.8 Å². The Kier molecular flexibility index (Phi) is 3.77. The van der Waals surface area contributed by atoms with Gasteiger partial charge in [0.05, 0.1) is 11.6 Å². The molecule has 1 saturated heterocycles. The lowest BCUT2D eigenvalue weighted by atomic mass is 9.94. The molecule has 1 amide bonds. The summed E-state index contributed by atoms with van der Waals surface area (Å²) in [4.78, 5) is 19.7. The maximum absolute atomic E-state index is 13.0. The van der Waals surface area contributed by atoms with E-state index in [4.69, 9.17) is 9.47 Å². The number of nitrogens with one attached hydrogen (secondary N) is 1. The van der Waals surface area contributed by atoms with E-state index < -0.39 is 5.41 Å². The summed E-state index contributed by atoms with van der Waals surface area (Å²) in [6.45, 7) is 2.41. The Morgan fingerprint density at radius 1 is 1.15 bits per heavy atom. The summed E-state index contributed by atoms with van der Waals surface area (Å²) in [5.74, 6) is 1.50. The third kappa shape index (κ3) is 2.70. The van der Waals surface area contributed by atoms with Crippen molar-refractivity contribution in [2.24, 2.45) is 0 Å². The summed E-state index contributed by atoms with van der Waals surface area (Å²) in [5.41, 5.74) is 0.532. The van der Waals surface area contributed by atoms with Crippen molar-refractivity contribution < 1.29 is 14.3 Å². The number of hydrogen-bond donors (Lipinski definition) is 1. The molecule has 3 aliphatic rings. The number of ether oxygens (including phenoxy) is 2. The molecule has 0 bridgehead atoms. The van der Waals surface area contributed by atoms with Crippen molar-refractivity contribution in [2.75, 3.05) is 30.1 Å². The molecule has 1 saturated carbocycles. The van der Waals surface area contributed by atoms with Crippen LogP contribution < -0.4 is 19.7 Å². The van der Waals surface area contributed by atoms with Gasteiger partial charge in [-0.15, -0.1) is 0 Å². The van der Waals surface area contributed by atoms with Crippen LogP contribution in [0.1, 0.15) is 37.7 Å². The van der Waals surface area contributed by atoms with Crippen molar-refractivity contribution in [3.8, 4) is 11.5 Å². The number of thiazole rings is 1. The van der Waals surface area contributed by atoms with E-state index in [1.54, 1.807) is 11.3 Å². The Morgan fingerprint density at radius 2 is 1.96 bits per heavy atom. The fraction of sp³-hybridized carbons (Fsp3) is 0.474. The van der Waals surface area contributed by atoms with Gasteiger partial charge in [0.25, 0.3) is 0 Å². The van der Waals surface area contributed by atoms with Gasteiger partial charge in [0.15, 0.2) is 16.6 Å². The van der Waals surface area contributed by atoms with Crippen LogP contribution in [0.15, 0.2) is 24.4 Å². The number of aromatic nitrogens is 1. The maximum atomic E-state index is 13.0. The average molecular weight is 371 g/mol. The third-order valence-electron chi connectivity index (χ3n) is 5.49. The summed E-state index contributed by atoms with van der Waals surface area (Å²) >= 11 is 1.57. The SMILES string of the molecule is O=C(Nc1ncc(N2CCCCC2)s1)C1(c2ccc3c(c2)OCO3)CC1. The van der Waals surface area contributed by atoms with Gasteiger partial charge >= 0.3 is 0 Å². The Hall–Kier alpha value is -2.28. The second-order valence-electron chi connectivity index (χ2n) is 7.16. The fourth-order valence-electron chi connectivity index (χ4n) is 3.77. The summed E-state index contributed by atoms with van der Waals surface area (Å²) in [6, 6.07) is 5.81. The van der Waals surface area contributed by atoms with Crippen molar-refractivity contribution in [1.82, 2.24) is 4.98 Å². The van der Waals surface area contributed by atoms with Crippen molar-refractivity contribution in [1.29, 1.82) is 0 Å². The lowest BCUT2D eigenvalue weighted by Crippen LogP contribution is -2.28. The highest BCUT2D eigenvalue weighted by molar-refractivity contribution is 7.19. The number of amides is 1. The molecule has 2 aromatic rings. The fourth-order valence-corrected chi connectivity index (χ4v) is 4.63. The molecule has 5 rings (SSSR count). The monoisotopic (exact) mass is 371 g/mol. The molecule has 0 spiro atoms. The molecule has 0 radical (unpaired) electrons.